The van der Waals surface area contributed by atoms with Gasteiger partial charge >= 0.3 is 6.36 Å². The van der Waals surface area contributed by atoms with Crippen LogP contribution in [0.25, 0.3) is 0 Å². The van der Waals surface area contributed by atoms with Crippen molar-refractivity contribution in [3.8, 4) is 18.1 Å². The van der Waals surface area contributed by atoms with Crippen LogP contribution in [0.5, 0.6) is 5.75 Å². The van der Waals surface area contributed by atoms with Crippen molar-refractivity contribution in [1.82, 2.24) is 0 Å². The number of terminal acetylenes is 1. The average Bonchev–Trinajstić information content (AvgIpc) is 2.39. The highest BCUT2D eigenvalue weighted by atomic mass is 127. The molecule has 4 nitrogen and oxygen atoms in total. The fraction of sp³-hybridized carbons (Fsp3) is 0.357. The van der Waals surface area contributed by atoms with E-state index in [9.17, 15) is 13.2 Å². The maximum absolute atomic E-state index is 12.3. The van der Waals surface area contributed by atoms with Gasteiger partial charge in [-0.25, -0.2) is 0 Å². The standard InChI is InChI=1S/C14H16F3N3O.HI/c1-2-3-4-7-10-19-13(18)20-11-8-5-6-9-12(11)21-14(15,16)17;/h1,5-6,8-9H,3-4,7,10H2,(H3,18,19,20);1H. The predicted octanol–water partition coefficient (Wildman–Crippen LogP) is 3.73. The number of para-hydroxylation sites is 2. The molecule has 22 heavy (non-hydrogen) atoms. The number of nitrogens with zero attached hydrogens (tertiary/aromatic N) is 1. The van der Waals surface area contributed by atoms with Crippen molar-refractivity contribution in [2.24, 2.45) is 10.7 Å². The molecule has 1 aromatic rings. The number of ether oxygens (including phenoxy) is 1. The fourth-order valence-corrected chi connectivity index (χ4v) is 1.50. The quantitative estimate of drug-likeness (QED) is 0.239. The van der Waals surface area contributed by atoms with E-state index in [1.807, 2.05) is 0 Å². The number of benzene rings is 1. The van der Waals surface area contributed by atoms with Crippen molar-refractivity contribution in [2.45, 2.75) is 25.6 Å². The zero-order valence-electron chi connectivity index (χ0n) is 11.7. The zero-order chi connectivity index (χ0) is 15.7. The van der Waals surface area contributed by atoms with E-state index < -0.39 is 6.36 Å². The number of anilines is 1. The molecule has 0 heterocycles. The number of aliphatic imine (C=N–C) groups is 1. The molecule has 0 unspecified atom stereocenters. The summed E-state index contributed by atoms with van der Waals surface area (Å²) in [6.45, 7) is 0.447. The molecule has 0 aromatic heterocycles. The van der Waals surface area contributed by atoms with Gasteiger partial charge in [0.05, 0.1) is 5.69 Å². The summed E-state index contributed by atoms with van der Waals surface area (Å²) < 4.78 is 40.7. The Morgan fingerprint density at radius 1 is 1.32 bits per heavy atom. The van der Waals surface area contributed by atoms with Crippen molar-refractivity contribution < 1.29 is 17.9 Å². The van der Waals surface area contributed by atoms with Crippen molar-refractivity contribution in [1.29, 1.82) is 0 Å². The maximum atomic E-state index is 12.3. The highest BCUT2D eigenvalue weighted by Gasteiger charge is 2.32. The number of hydrogen-bond acceptors (Lipinski definition) is 2. The van der Waals surface area contributed by atoms with Crippen molar-refractivity contribution >= 4 is 35.6 Å². The number of hydrogen-bond donors (Lipinski definition) is 2. The van der Waals surface area contributed by atoms with Gasteiger partial charge < -0.3 is 15.8 Å². The monoisotopic (exact) mass is 427 g/mol. The van der Waals surface area contributed by atoms with Crippen molar-refractivity contribution in [3.05, 3.63) is 24.3 Å². The third-order valence-corrected chi connectivity index (χ3v) is 2.39. The Hall–Kier alpha value is -1.63. The van der Waals surface area contributed by atoms with Crippen LogP contribution in [-0.4, -0.2) is 18.9 Å². The van der Waals surface area contributed by atoms with Crippen molar-refractivity contribution in [3.63, 3.8) is 0 Å². The largest absolute Gasteiger partial charge is 0.573 e. The van der Waals surface area contributed by atoms with Gasteiger partial charge in [-0.05, 0) is 25.0 Å². The molecule has 8 heteroatoms. The molecule has 0 fully saturated rings. The summed E-state index contributed by atoms with van der Waals surface area (Å²) >= 11 is 0. The van der Waals surface area contributed by atoms with Crippen molar-refractivity contribution in [2.75, 3.05) is 11.9 Å². The van der Waals surface area contributed by atoms with Crippen LogP contribution in [-0.2, 0) is 0 Å². The lowest BCUT2D eigenvalue weighted by Gasteiger charge is -2.14. The molecule has 122 valence electrons. The number of unbranched alkanes of at least 4 members (excludes halogenated alkanes) is 2. The number of guanidine groups is 1. The molecule has 0 saturated heterocycles. The Balaban J connectivity index is 0.00000441. The topological polar surface area (TPSA) is 59.6 Å². The first-order valence-corrected chi connectivity index (χ1v) is 6.27. The molecule has 0 aliphatic rings. The smallest absolute Gasteiger partial charge is 0.404 e. The molecule has 0 spiro atoms. The van der Waals surface area contributed by atoms with Crippen LogP contribution >= 0.6 is 24.0 Å². The third kappa shape index (κ3) is 8.61. The van der Waals surface area contributed by atoms with E-state index in [0.717, 1.165) is 12.8 Å². The van der Waals surface area contributed by atoms with Gasteiger partial charge in [0.25, 0.3) is 0 Å². The number of halogens is 4. The maximum Gasteiger partial charge on any atom is 0.573 e. The van der Waals surface area contributed by atoms with E-state index in [4.69, 9.17) is 12.2 Å². The predicted molar refractivity (Wildman–Crippen MR) is 91.3 cm³/mol. The molecule has 3 N–H and O–H groups in total. The first-order valence-electron chi connectivity index (χ1n) is 6.27. The zero-order valence-corrected chi connectivity index (χ0v) is 14.0. The van der Waals surface area contributed by atoms with E-state index in [1.165, 1.54) is 18.2 Å². The lowest BCUT2D eigenvalue weighted by molar-refractivity contribution is -0.274. The van der Waals surface area contributed by atoms with E-state index in [-0.39, 0.29) is 41.4 Å². The lowest BCUT2D eigenvalue weighted by Crippen LogP contribution is -2.24. The van der Waals surface area contributed by atoms with Gasteiger partial charge in [-0.1, -0.05) is 12.1 Å². The fourth-order valence-electron chi connectivity index (χ4n) is 1.50. The summed E-state index contributed by atoms with van der Waals surface area (Å²) in [6.07, 6.45) is 2.58. The second-order valence-electron chi connectivity index (χ2n) is 4.10. The summed E-state index contributed by atoms with van der Waals surface area (Å²) in [6, 6.07) is 5.60. The minimum absolute atomic E-state index is 0. The van der Waals surface area contributed by atoms with Crippen LogP contribution in [0.2, 0.25) is 0 Å². The van der Waals surface area contributed by atoms with E-state index >= 15 is 0 Å². The summed E-state index contributed by atoms with van der Waals surface area (Å²) in [5.74, 6) is 2.16. The van der Waals surface area contributed by atoms with Crippen LogP contribution in [0.15, 0.2) is 29.3 Å². The first kappa shape index (κ1) is 20.4. The van der Waals surface area contributed by atoms with Crippen LogP contribution in [0.4, 0.5) is 18.9 Å². The minimum Gasteiger partial charge on any atom is -0.404 e. The van der Waals surface area contributed by atoms with Gasteiger partial charge in [0.2, 0.25) is 0 Å². The van der Waals surface area contributed by atoms with Gasteiger partial charge in [-0.2, -0.15) is 0 Å². The van der Waals surface area contributed by atoms with Gasteiger partial charge in [-0.3, -0.25) is 4.99 Å². The molecule has 0 bridgehead atoms. The Labute approximate surface area is 144 Å². The van der Waals surface area contributed by atoms with E-state index in [1.54, 1.807) is 6.07 Å². The van der Waals surface area contributed by atoms with Crippen LogP contribution in [0, 0.1) is 12.3 Å². The van der Waals surface area contributed by atoms with Crippen LogP contribution in [0.1, 0.15) is 19.3 Å². The van der Waals surface area contributed by atoms with Gasteiger partial charge in [0.15, 0.2) is 11.7 Å². The highest BCUT2D eigenvalue weighted by molar-refractivity contribution is 14.0. The average molecular weight is 427 g/mol. The third-order valence-electron chi connectivity index (χ3n) is 2.39. The summed E-state index contributed by atoms with van der Waals surface area (Å²) in [7, 11) is 0. The first-order chi connectivity index (χ1) is 9.92. The molecule has 0 saturated carbocycles. The lowest BCUT2D eigenvalue weighted by atomic mass is 10.2. The van der Waals surface area contributed by atoms with Crippen LogP contribution < -0.4 is 15.8 Å². The number of nitrogens with two attached hydrogens (primary N) is 1. The molecule has 0 aliphatic carbocycles. The number of rotatable bonds is 6. The molecular formula is C14H17F3IN3O. The Morgan fingerprint density at radius 3 is 2.64 bits per heavy atom. The molecule has 0 atom stereocenters. The van der Waals surface area contributed by atoms with Gasteiger partial charge in [-0.15, -0.1) is 49.5 Å². The molecule has 0 aliphatic heterocycles. The summed E-state index contributed by atoms with van der Waals surface area (Å²) in [4.78, 5) is 4.01. The van der Waals surface area contributed by atoms with Gasteiger partial charge in [0, 0.05) is 13.0 Å². The Bertz CT molecular complexity index is 527. The van der Waals surface area contributed by atoms with E-state index in [2.05, 4.69) is 21.0 Å². The number of alkyl halides is 3. The normalized spacial score (nSPS) is 11.3. The molecule has 1 aromatic carbocycles. The Kier molecular flexibility index (Phi) is 9.40. The number of nitrogens with one attached hydrogen (secondary N) is 1. The Morgan fingerprint density at radius 2 is 2.00 bits per heavy atom. The molecular weight excluding hydrogens is 410 g/mol. The summed E-state index contributed by atoms with van der Waals surface area (Å²) in [5, 5.41) is 2.59. The second-order valence-corrected chi connectivity index (χ2v) is 4.10. The second kappa shape index (κ2) is 10.2. The molecule has 0 radical (unpaired) electrons. The van der Waals surface area contributed by atoms with Crippen LogP contribution in [0.3, 0.4) is 0 Å². The summed E-state index contributed by atoms with van der Waals surface area (Å²) in [5.41, 5.74) is 5.71. The van der Waals surface area contributed by atoms with Gasteiger partial charge in [0.1, 0.15) is 0 Å². The molecule has 1 rings (SSSR count). The minimum atomic E-state index is -4.76. The van der Waals surface area contributed by atoms with E-state index in [0.29, 0.717) is 13.0 Å². The molecule has 0 amide bonds. The SMILES string of the molecule is C#CCCCCN=C(N)Nc1ccccc1OC(F)(F)F.I. The highest BCUT2D eigenvalue weighted by Crippen LogP contribution is 2.29.